The number of hydrogen-bond acceptors (Lipinski definition) is 6. The van der Waals surface area contributed by atoms with Crippen LogP contribution in [0.2, 0.25) is 0 Å². The SMILES string of the molecule is CC[C@H]1[C@@H]2C[C@H]3[C@@H]4N(C)c5ccccc5[C@@]45C[C@@H]([C@@H]2[C@@H]5O)[N+]3(Cc2ccc(C(=O)OC)o2)[C@@H]1O. The van der Waals surface area contributed by atoms with E-state index < -0.39 is 18.3 Å². The molecular weight excluding hydrogens is 432 g/mol. The summed E-state index contributed by atoms with van der Waals surface area (Å²) in [6, 6.07) is 12.6. The van der Waals surface area contributed by atoms with Gasteiger partial charge in [0.2, 0.25) is 5.76 Å². The monoisotopic (exact) mass is 465 g/mol. The number of ether oxygens (including phenoxy) is 1. The van der Waals surface area contributed by atoms with Crippen LogP contribution >= 0.6 is 0 Å². The van der Waals surface area contributed by atoms with Crippen LogP contribution in [-0.2, 0) is 16.7 Å². The third-order valence-corrected chi connectivity index (χ3v) is 10.6. The number of hydrogen-bond donors (Lipinski definition) is 2. The number of esters is 1. The Labute approximate surface area is 199 Å². The standard InChI is InChI=1S/C27H33N2O5/c1-4-15-16-11-19-23-27(17-7-5-6-8-18(17)28(23)2)12-20(22(16)24(27)30)29(19,25(15)31)13-14-9-10-21(34-14)26(32)33-3/h5-10,15-16,19-20,22-25,30-31H,4,11-13H2,1-3H3/q+1/t15-,16-,19-,20-,22+,23-,24-,25+,27-,29?/m0/s1. The Morgan fingerprint density at radius 1 is 1.24 bits per heavy atom. The minimum Gasteiger partial charge on any atom is -0.463 e. The molecule has 1 aliphatic carbocycles. The molecule has 5 fully saturated rings. The first-order chi connectivity index (χ1) is 16.4. The summed E-state index contributed by atoms with van der Waals surface area (Å²) in [5.74, 6) is 1.04. The summed E-state index contributed by atoms with van der Waals surface area (Å²) in [6.07, 6.45) is 1.83. The van der Waals surface area contributed by atoms with Crippen molar-refractivity contribution in [2.24, 2.45) is 17.8 Å². The molecule has 1 unspecified atom stereocenters. The molecule has 180 valence electrons. The highest BCUT2D eigenvalue weighted by Gasteiger charge is 2.83. The first-order valence-electron chi connectivity index (χ1n) is 12.6. The van der Waals surface area contributed by atoms with Crippen molar-refractivity contribution in [1.82, 2.24) is 0 Å². The molecular formula is C27H33N2O5+. The van der Waals surface area contributed by atoms with Crippen molar-refractivity contribution >= 4 is 11.7 Å². The van der Waals surface area contributed by atoms with Crippen LogP contribution in [0.15, 0.2) is 40.8 Å². The van der Waals surface area contributed by atoms with Gasteiger partial charge in [0.1, 0.15) is 12.6 Å². The minimum atomic E-state index is -0.512. The summed E-state index contributed by atoms with van der Waals surface area (Å²) in [4.78, 5) is 14.4. The average Bonchev–Trinajstić information content (AvgIpc) is 3.47. The number of carbonyl (C=O) groups is 1. The quantitative estimate of drug-likeness (QED) is 0.534. The van der Waals surface area contributed by atoms with Crippen molar-refractivity contribution < 1.29 is 28.6 Å². The molecule has 2 aromatic rings. The lowest BCUT2D eigenvalue weighted by atomic mass is 9.60. The molecule has 0 radical (unpaired) electrons. The van der Waals surface area contributed by atoms with Crippen molar-refractivity contribution in [3.8, 4) is 0 Å². The van der Waals surface area contributed by atoms with E-state index in [1.54, 1.807) is 6.07 Å². The molecule has 7 heteroatoms. The molecule has 1 spiro atoms. The molecule has 1 aromatic carbocycles. The predicted molar refractivity (Wildman–Crippen MR) is 124 cm³/mol. The molecule has 5 bridgehead atoms. The largest absolute Gasteiger partial charge is 0.463 e. The fourth-order valence-electron chi connectivity index (χ4n) is 9.65. The molecule has 1 aromatic heterocycles. The number of aliphatic hydroxyl groups is 2. The number of anilines is 1. The normalized spacial score (nSPS) is 44.9. The van der Waals surface area contributed by atoms with Gasteiger partial charge in [-0.15, -0.1) is 0 Å². The summed E-state index contributed by atoms with van der Waals surface area (Å²) < 4.78 is 11.3. The number of furan rings is 1. The van der Waals surface area contributed by atoms with E-state index >= 15 is 0 Å². The number of nitrogens with zero attached hydrogens (tertiary/aromatic N) is 2. The molecule has 1 saturated carbocycles. The molecule has 7 nitrogen and oxygen atoms in total. The fourth-order valence-corrected chi connectivity index (χ4v) is 9.65. The number of likely N-dealkylation sites (N-methyl/N-ethyl adjacent to an activating group) is 1. The van der Waals surface area contributed by atoms with Gasteiger partial charge in [0.15, 0.2) is 12.0 Å². The molecule has 8 rings (SSSR count). The second-order valence-electron chi connectivity index (χ2n) is 11.3. The van der Waals surface area contributed by atoms with Crippen LogP contribution in [0.5, 0.6) is 0 Å². The van der Waals surface area contributed by atoms with Crippen molar-refractivity contribution in [1.29, 1.82) is 0 Å². The lowest BCUT2D eigenvalue weighted by Crippen LogP contribution is -2.82. The highest BCUT2D eigenvalue weighted by Crippen LogP contribution is 2.71. The molecule has 2 N–H and O–H groups in total. The molecule has 4 saturated heterocycles. The first-order valence-corrected chi connectivity index (χ1v) is 12.6. The third-order valence-electron chi connectivity index (χ3n) is 10.6. The summed E-state index contributed by atoms with van der Waals surface area (Å²) >= 11 is 0. The van der Waals surface area contributed by atoms with Crippen molar-refractivity contribution in [2.75, 3.05) is 19.1 Å². The smallest absolute Gasteiger partial charge is 0.373 e. The molecule has 10 atom stereocenters. The van der Waals surface area contributed by atoms with E-state index in [2.05, 4.69) is 43.1 Å². The maximum Gasteiger partial charge on any atom is 0.373 e. The van der Waals surface area contributed by atoms with Crippen LogP contribution in [-0.4, -0.2) is 65.3 Å². The van der Waals surface area contributed by atoms with E-state index in [1.165, 1.54) is 18.4 Å². The number of aliphatic hydroxyl groups excluding tert-OH is 2. The molecule has 6 heterocycles. The molecule has 0 amide bonds. The van der Waals surface area contributed by atoms with E-state index in [9.17, 15) is 15.0 Å². The number of methoxy groups -OCH3 is 1. The second kappa shape index (κ2) is 6.65. The summed E-state index contributed by atoms with van der Waals surface area (Å²) in [6.45, 7) is 2.69. The number of benzene rings is 1. The van der Waals surface area contributed by atoms with Gasteiger partial charge in [-0.3, -0.25) is 4.48 Å². The molecule has 34 heavy (non-hydrogen) atoms. The van der Waals surface area contributed by atoms with Gasteiger partial charge < -0.3 is 24.3 Å². The number of piperidine rings is 4. The number of fused-ring (bicyclic) bond motifs is 2. The topological polar surface area (TPSA) is 83.1 Å². The van der Waals surface area contributed by atoms with E-state index in [4.69, 9.17) is 9.15 Å². The van der Waals surface area contributed by atoms with Crippen LogP contribution in [0.4, 0.5) is 5.69 Å². The third kappa shape index (κ3) is 2.10. The van der Waals surface area contributed by atoms with Crippen molar-refractivity contribution in [2.45, 2.75) is 68.6 Å². The second-order valence-corrected chi connectivity index (χ2v) is 11.3. The van der Waals surface area contributed by atoms with E-state index in [0.29, 0.717) is 22.7 Å². The highest BCUT2D eigenvalue weighted by molar-refractivity contribution is 5.86. The van der Waals surface area contributed by atoms with Gasteiger partial charge >= 0.3 is 5.97 Å². The number of para-hydroxylation sites is 1. The fraction of sp³-hybridized carbons (Fsp3) is 0.593. The molecule has 5 aliphatic heterocycles. The molecule has 6 aliphatic rings. The lowest BCUT2D eigenvalue weighted by molar-refractivity contribution is -1.05. The number of rotatable bonds is 4. The van der Waals surface area contributed by atoms with Crippen molar-refractivity contribution in [3.05, 3.63) is 53.5 Å². The van der Waals surface area contributed by atoms with Gasteiger partial charge in [-0.05, 0) is 36.1 Å². The van der Waals surface area contributed by atoms with Gasteiger partial charge in [-0.1, -0.05) is 25.1 Å². The van der Waals surface area contributed by atoms with Gasteiger partial charge in [0.05, 0.1) is 30.7 Å². The van der Waals surface area contributed by atoms with Crippen LogP contribution in [0.1, 0.15) is 48.1 Å². The van der Waals surface area contributed by atoms with E-state index in [1.807, 2.05) is 6.07 Å². The van der Waals surface area contributed by atoms with Gasteiger partial charge in [-0.2, -0.15) is 0 Å². The Morgan fingerprint density at radius 3 is 2.79 bits per heavy atom. The zero-order chi connectivity index (χ0) is 23.6. The zero-order valence-electron chi connectivity index (χ0n) is 19.9. The Kier molecular flexibility index (Phi) is 4.10. The Morgan fingerprint density at radius 2 is 2.03 bits per heavy atom. The number of quaternary nitrogens is 1. The summed E-state index contributed by atoms with van der Waals surface area (Å²) in [5.41, 5.74) is 2.20. The van der Waals surface area contributed by atoms with Gasteiger partial charge in [0, 0.05) is 37.4 Å². The van der Waals surface area contributed by atoms with E-state index in [-0.39, 0.29) is 41.1 Å². The van der Waals surface area contributed by atoms with Gasteiger partial charge in [0.25, 0.3) is 0 Å². The summed E-state index contributed by atoms with van der Waals surface area (Å²) in [7, 11) is 3.51. The maximum atomic E-state index is 12.1. The van der Waals surface area contributed by atoms with Crippen LogP contribution in [0, 0.1) is 17.8 Å². The number of carbonyl (C=O) groups excluding carboxylic acids is 1. The van der Waals surface area contributed by atoms with Crippen LogP contribution in [0.3, 0.4) is 0 Å². The first kappa shape index (κ1) is 21.0. The van der Waals surface area contributed by atoms with Gasteiger partial charge in [-0.25, -0.2) is 4.79 Å². The van der Waals surface area contributed by atoms with Crippen molar-refractivity contribution in [3.63, 3.8) is 0 Å². The Bertz CT molecular complexity index is 1180. The predicted octanol–water partition coefficient (Wildman–Crippen LogP) is 2.65. The Hall–Kier alpha value is -2.35. The minimum absolute atomic E-state index is 0.119. The summed E-state index contributed by atoms with van der Waals surface area (Å²) in [5, 5.41) is 24.1. The highest BCUT2D eigenvalue weighted by atomic mass is 16.5. The lowest BCUT2D eigenvalue weighted by Gasteiger charge is -2.67. The maximum absolute atomic E-state index is 12.1. The van der Waals surface area contributed by atoms with E-state index in [0.717, 1.165) is 19.3 Å². The van der Waals surface area contributed by atoms with Crippen LogP contribution < -0.4 is 4.90 Å². The average molecular weight is 466 g/mol. The Balaban J connectivity index is 1.41. The van der Waals surface area contributed by atoms with Crippen LogP contribution in [0.25, 0.3) is 0 Å². The zero-order valence-corrected chi connectivity index (χ0v) is 19.9.